The van der Waals surface area contributed by atoms with Crippen molar-refractivity contribution >= 4 is 28.6 Å². The Morgan fingerprint density at radius 3 is 2.75 bits per heavy atom. The van der Waals surface area contributed by atoms with Crippen LogP contribution in [0.3, 0.4) is 0 Å². The number of benzene rings is 1. The van der Waals surface area contributed by atoms with Gasteiger partial charge in [0.15, 0.2) is 17.0 Å². The minimum atomic E-state index is -0.284. The van der Waals surface area contributed by atoms with Crippen molar-refractivity contribution in [3.8, 4) is 0 Å². The molecule has 1 atom stereocenters. The minimum absolute atomic E-state index is 0.237. The predicted octanol–water partition coefficient (Wildman–Crippen LogP) is 3.14. The molecule has 4 rings (SSSR count). The third kappa shape index (κ3) is 3.56. The van der Waals surface area contributed by atoms with Crippen molar-refractivity contribution in [2.24, 2.45) is 0 Å². The van der Waals surface area contributed by atoms with Gasteiger partial charge in [0, 0.05) is 17.0 Å². The first-order chi connectivity index (χ1) is 13.3. The highest BCUT2D eigenvalue weighted by Gasteiger charge is 2.28. The molecule has 7 nitrogen and oxygen atoms in total. The molecule has 3 heterocycles. The van der Waals surface area contributed by atoms with Gasteiger partial charge in [-0.05, 0) is 18.6 Å². The van der Waals surface area contributed by atoms with E-state index in [1.54, 1.807) is 4.68 Å². The predicted molar refractivity (Wildman–Crippen MR) is 109 cm³/mol. The zero-order chi connectivity index (χ0) is 19.9. The average Bonchev–Trinajstić information content (AvgIpc) is 3.06. The molecule has 28 heavy (non-hydrogen) atoms. The number of fused-ring (bicyclic) bond motifs is 1. The van der Waals surface area contributed by atoms with E-state index >= 15 is 0 Å². The average molecular weight is 399 g/mol. The molecule has 1 aliphatic rings. The lowest BCUT2D eigenvalue weighted by molar-refractivity contribution is 0.105. The zero-order valence-electron chi connectivity index (χ0n) is 16.3. The van der Waals surface area contributed by atoms with Crippen LogP contribution >= 0.6 is 11.6 Å². The topological polar surface area (TPSA) is 69.0 Å². The van der Waals surface area contributed by atoms with Gasteiger partial charge in [0.2, 0.25) is 0 Å². The number of hydrogen-bond donors (Lipinski definition) is 0. The molecule has 3 aromatic rings. The highest BCUT2D eigenvalue weighted by atomic mass is 35.5. The molecule has 0 aliphatic carbocycles. The van der Waals surface area contributed by atoms with Gasteiger partial charge in [0.05, 0.1) is 25.8 Å². The van der Waals surface area contributed by atoms with Crippen LogP contribution < -0.4 is 4.90 Å². The fraction of sp³-hybridized carbons (Fsp3) is 0.450. The Morgan fingerprint density at radius 1 is 1.25 bits per heavy atom. The largest absolute Gasteiger partial charge is 0.377 e. The van der Waals surface area contributed by atoms with Crippen molar-refractivity contribution in [1.82, 2.24) is 25.0 Å². The molecular formula is C20H23ClN6O. The van der Waals surface area contributed by atoms with Gasteiger partial charge in [-0.1, -0.05) is 55.8 Å². The fourth-order valence-electron chi connectivity index (χ4n) is 3.16. The summed E-state index contributed by atoms with van der Waals surface area (Å²) in [5.74, 6) is 1.42. The van der Waals surface area contributed by atoms with Crippen molar-refractivity contribution in [3.05, 3.63) is 47.6 Å². The van der Waals surface area contributed by atoms with Crippen LogP contribution in [0.15, 0.2) is 24.3 Å². The van der Waals surface area contributed by atoms with Crippen LogP contribution in [-0.4, -0.2) is 50.8 Å². The summed E-state index contributed by atoms with van der Waals surface area (Å²) in [7, 11) is 0. The second-order valence-corrected chi connectivity index (χ2v) is 8.37. The second kappa shape index (κ2) is 7.29. The van der Waals surface area contributed by atoms with E-state index in [1.807, 2.05) is 29.2 Å². The van der Waals surface area contributed by atoms with Crippen LogP contribution in [0.2, 0.25) is 5.02 Å². The van der Waals surface area contributed by atoms with E-state index in [4.69, 9.17) is 33.2 Å². The van der Waals surface area contributed by atoms with E-state index in [9.17, 15) is 0 Å². The number of morpholine rings is 1. The molecule has 1 fully saturated rings. The lowest BCUT2D eigenvalue weighted by Crippen LogP contribution is -2.44. The van der Waals surface area contributed by atoms with Crippen LogP contribution in [0.25, 0.3) is 11.2 Å². The molecular weight excluding hydrogens is 376 g/mol. The number of hydrogen-bond acceptors (Lipinski definition) is 6. The number of anilines is 1. The molecule has 0 bridgehead atoms. The first-order valence-corrected chi connectivity index (χ1v) is 9.67. The summed E-state index contributed by atoms with van der Waals surface area (Å²) >= 11 is 6.34. The first-order valence-electron chi connectivity index (χ1n) is 9.29. The normalized spacial score (nSPS) is 18.0. The summed E-state index contributed by atoms with van der Waals surface area (Å²) in [5, 5.41) is 9.41. The molecule has 0 saturated carbocycles. The van der Waals surface area contributed by atoms with Gasteiger partial charge >= 0.3 is 0 Å². The van der Waals surface area contributed by atoms with Crippen molar-refractivity contribution < 1.29 is 4.74 Å². The molecule has 2 aromatic heterocycles. The number of ether oxygens (including phenoxy) is 1. The van der Waals surface area contributed by atoms with Crippen LogP contribution in [0.1, 0.15) is 32.2 Å². The van der Waals surface area contributed by atoms with Crippen LogP contribution in [0.5, 0.6) is 0 Å². The van der Waals surface area contributed by atoms with Crippen LogP contribution in [0.4, 0.5) is 5.82 Å². The van der Waals surface area contributed by atoms with Crippen molar-refractivity contribution in [1.29, 1.82) is 0 Å². The maximum absolute atomic E-state index is 6.34. The van der Waals surface area contributed by atoms with Gasteiger partial charge in [-0.3, -0.25) is 0 Å². The molecule has 2 radical (unpaired) electrons. The highest BCUT2D eigenvalue weighted by molar-refractivity contribution is 6.31. The molecule has 0 N–H and O–H groups in total. The van der Waals surface area contributed by atoms with E-state index < -0.39 is 0 Å². The Balaban J connectivity index is 1.85. The van der Waals surface area contributed by atoms with Gasteiger partial charge in [-0.15, -0.1) is 5.10 Å². The molecule has 1 unspecified atom stereocenters. The molecule has 1 aliphatic heterocycles. The number of nitrogens with zero attached hydrogens (tertiary/aromatic N) is 6. The maximum Gasteiger partial charge on any atom is 0.184 e. The Hall–Kier alpha value is -2.25. The van der Waals surface area contributed by atoms with E-state index in [2.05, 4.69) is 31.1 Å². The summed E-state index contributed by atoms with van der Waals surface area (Å²) < 4.78 is 7.24. The number of aromatic nitrogens is 5. The SMILES string of the molecule is [CH]C1COCCN1c1nc(C(C)(C)C)nc2c1nnn2Cc1ccccc1Cl. The third-order valence-electron chi connectivity index (χ3n) is 4.73. The molecule has 0 spiro atoms. The number of halogens is 1. The van der Waals surface area contributed by atoms with Gasteiger partial charge < -0.3 is 9.64 Å². The van der Waals surface area contributed by atoms with Crippen molar-refractivity contribution in [2.45, 2.75) is 38.8 Å². The quantitative estimate of drug-likeness (QED) is 0.675. The van der Waals surface area contributed by atoms with E-state index in [0.29, 0.717) is 48.3 Å². The van der Waals surface area contributed by atoms with Crippen LogP contribution in [-0.2, 0) is 16.7 Å². The lowest BCUT2D eigenvalue weighted by atomic mass is 9.95. The summed E-state index contributed by atoms with van der Waals surface area (Å²) in [6.45, 7) is 14.7. The Bertz CT molecular complexity index is 996. The van der Waals surface area contributed by atoms with Gasteiger partial charge in [0.25, 0.3) is 0 Å². The Kier molecular flexibility index (Phi) is 4.97. The third-order valence-corrected chi connectivity index (χ3v) is 5.10. The summed E-state index contributed by atoms with van der Waals surface area (Å²) in [4.78, 5) is 11.6. The van der Waals surface area contributed by atoms with E-state index in [1.165, 1.54) is 0 Å². The van der Waals surface area contributed by atoms with Crippen LogP contribution in [0, 0.1) is 6.92 Å². The van der Waals surface area contributed by atoms with E-state index in [0.717, 1.165) is 11.4 Å². The monoisotopic (exact) mass is 398 g/mol. The summed E-state index contributed by atoms with van der Waals surface area (Å²) in [6, 6.07) is 7.41. The number of rotatable bonds is 3. The standard InChI is InChI=1S/C20H23ClN6O/c1-13-12-28-10-9-26(13)17-16-18(23-19(22-17)20(2,3)4)27(25-24-16)11-14-7-5-6-8-15(14)21/h1,5-8,13H,9-12H2,2-4H3. The molecule has 8 heteroatoms. The maximum atomic E-state index is 6.34. The minimum Gasteiger partial charge on any atom is -0.377 e. The summed E-state index contributed by atoms with van der Waals surface area (Å²) in [6.07, 6.45) is 0. The molecule has 146 valence electrons. The Labute approximate surface area is 169 Å². The smallest absolute Gasteiger partial charge is 0.184 e. The van der Waals surface area contributed by atoms with Gasteiger partial charge in [0.1, 0.15) is 5.82 Å². The molecule has 0 amide bonds. The van der Waals surface area contributed by atoms with Gasteiger partial charge in [-0.25, -0.2) is 14.6 Å². The summed E-state index contributed by atoms with van der Waals surface area (Å²) in [5.41, 5.74) is 2.03. The fourth-order valence-corrected chi connectivity index (χ4v) is 3.35. The zero-order valence-corrected chi connectivity index (χ0v) is 17.0. The van der Waals surface area contributed by atoms with Crippen molar-refractivity contribution in [2.75, 3.05) is 24.7 Å². The van der Waals surface area contributed by atoms with Gasteiger partial charge in [-0.2, -0.15) is 0 Å². The lowest BCUT2D eigenvalue weighted by Gasteiger charge is -2.34. The van der Waals surface area contributed by atoms with E-state index in [-0.39, 0.29) is 11.5 Å². The Morgan fingerprint density at radius 2 is 2.04 bits per heavy atom. The highest BCUT2D eigenvalue weighted by Crippen LogP contribution is 2.29. The van der Waals surface area contributed by atoms with Crippen molar-refractivity contribution in [3.63, 3.8) is 0 Å². The molecule has 1 saturated heterocycles. The molecule has 1 aromatic carbocycles. The second-order valence-electron chi connectivity index (χ2n) is 7.97. The first kappa shape index (κ1) is 19.1.